The first-order chi connectivity index (χ1) is 9.63. The van der Waals surface area contributed by atoms with Gasteiger partial charge in [-0.05, 0) is 30.7 Å². The number of nitrogens with zero attached hydrogens (tertiary/aromatic N) is 7. The molecule has 2 aromatic rings. The summed E-state index contributed by atoms with van der Waals surface area (Å²) in [5.41, 5.74) is 5.82. The average Bonchev–Trinajstić information content (AvgIpc) is 3.00. The molecule has 2 N–H and O–H groups in total. The highest BCUT2D eigenvalue weighted by Gasteiger charge is 2.14. The molecule has 20 heavy (non-hydrogen) atoms. The molecule has 110 valence electrons. The average molecular weight is 296 g/mol. The molecule has 0 aromatic carbocycles. The number of tetrazole rings is 1. The van der Waals surface area contributed by atoms with Crippen molar-refractivity contribution in [2.24, 2.45) is 0 Å². The van der Waals surface area contributed by atoms with Gasteiger partial charge >= 0.3 is 0 Å². The van der Waals surface area contributed by atoms with Gasteiger partial charge in [0.25, 0.3) is 0 Å². The van der Waals surface area contributed by atoms with Crippen LogP contribution >= 0.6 is 11.8 Å². The van der Waals surface area contributed by atoms with Gasteiger partial charge in [0.1, 0.15) is 0 Å². The first kappa shape index (κ1) is 14.8. The summed E-state index contributed by atoms with van der Waals surface area (Å²) in [7, 11) is 0. The van der Waals surface area contributed by atoms with E-state index < -0.39 is 0 Å². The lowest BCUT2D eigenvalue weighted by Crippen LogP contribution is -2.08. The van der Waals surface area contributed by atoms with E-state index in [0.717, 1.165) is 30.4 Å². The largest absolute Gasteiger partial charge is 0.368 e. The second kappa shape index (κ2) is 6.69. The number of hydrogen-bond acceptors (Lipinski definition) is 7. The molecule has 0 saturated heterocycles. The van der Waals surface area contributed by atoms with Crippen LogP contribution in [0.5, 0.6) is 0 Å². The topological polar surface area (TPSA) is 100 Å². The predicted octanol–water partition coefficient (Wildman–Crippen LogP) is 1.52. The van der Waals surface area contributed by atoms with E-state index in [4.69, 9.17) is 5.73 Å². The molecule has 0 bridgehead atoms. The Morgan fingerprint density at radius 3 is 2.75 bits per heavy atom. The third-order valence-corrected chi connectivity index (χ3v) is 3.81. The molecule has 0 aliphatic carbocycles. The third kappa shape index (κ3) is 3.27. The third-order valence-electron chi connectivity index (χ3n) is 2.87. The second-order valence-electron chi connectivity index (χ2n) is 4.77. The van der Waals surface area contributed by atoms with E-state index in [2.05, 4.69) is 46.5 Å². The van der Waals surface area contributed by atoms with Crippen LogP contribution in [0.3, 0.4) is 0 Å². The van der Waals surface area contributed by atoms with Gasteiger partial charge in [0.15, 0.2) is 11.0 Å². The van der Waals surface area contributed by atoms with Gasteiger partial charge in [0.05, 0.1) is 5.75 Å². The van der Waals surface area contributed by atoms with Gasteiger partial charge in [-0.2, -0.15) is 0 Å². The summed E-state index contributed by atoms with van der Waals surface area (Å²) in [5, 5.41) is 20.6. The molecule has 0 amide bonds. The fraction of sp³-hybridized carbons (Fsp3) is 0.727. The molecule has 2 rings (SSSR count). The lowest BCUT2D eigenvalue weighted by Gasteiger charge is -2.11. The van der Waals surface area contributed by atoms with Crippen LogP contribution in [0, 0.1) is 0 Å². The van der Waals surface area contributed by atoms with Gasteiger partial charge in [-0.15, -0.1) is 15.3 Å². The monoisotopic (exact) mass is 296 g/mol. The minimum atomic E-state index is 0.226. The number of anilines is 1. The highest BCUT2D eigenvalue weighted by atomic mass is 32.2. The van der Waals surface area contributed by atoms with Crippen molar-refractivity contribution < 1.29 is 0 Å². The Kier molecular flexibility index (Phi) is 4.94. The molecule has 0 unspecified atom stereocenters. The molecule has 8 nitrogen and oxygen atoms in total. The Labute approximate surface area is 122 Å². The van der Waals surface area contributed by atoms with E-state index in [-0.39, 0.29) is 6.04 Å². The first-order valence-electron chi connectivity index (χ1n) is 6.71. The van der Waals surface area contributed by atoms with Gasteiger partial charge in [-0.25, -0.2) is 4.68 Å². The standard InChI is InChI=1S/C11H20N8S/c1-4-5-6-18-9(13-16-17-18)7-20-11-15-14-10(12)19(11)8(2)3/h8H,4-7H2,1-3H3,(H2,12,14). The molecule has 0 spiro atoms. The van der Waals surface area contributed by atoms with Crippen LogP contribution in [-0.4, -0.2) is 35.0 Å². The number of nitrogen functional groups attached to an aromatic ring is 1. The van der Waals surface area contributed by atoms with Crippen LogP contribution in [0.15, 0.2) is 5.16 Å². The van der Waals surface area contributed by atoms with Crippen LogP contribution in [0.1, 0.15) is 45.5 Å². The van der Waals surface area contributed by atoms with Gasteiger partial charge in [0.2, 0.25) is 5.95 Å². The van der Waals surface area contributed by atoms with Crippen molar-refractivity contribution >= 4 is 17.7 Å². The maximum atomic E-state index is 5.82. The maximum absolute atomic E-state index is 5.82. The summed E-state index contributed by atoms with van der Waals surface area (Å²) in [6.07, 6.45) is 2.18. The molecule has 0 radical (unpaired) electrons. The Morgan fingerprint density at radius 1 is 1.25 bits per heavy atom. The zero-order chi connectivity index (χ0) is 14.5. The van der Waals surface area contributed by atoms with Crippen molar-refractivity contribution in [1.29, 1.82) is 0 Å². The number of thioether (sulfide) groups is 1. The van der Waals surface area contributed by atoms with E-state index in [0.29, 0.717) is 11.7 Å². The van der Waals surface area contributed by atoms with E-state index >= 15 is 0 Å². The molecule has 0 atom stereocenters. The molecule has 2 heterocycles. The fourth-order valence-corrected chi connectivity index (χ4v) is 2.82. The Bertz CT molecular complexity index is 546. The smallest absolute Gasteiger partial charge is 0.222 e. The second-order valence-corrected chi connectivity index (χ2v) is 5.71. The van der Waals surface area contributed by atoms with Gasteiger partial charge < -0.3 is 5.73 Å². The van der Waals surface area contributed by atoms with Crippen LogP contribution in [-0.2, 0) is 12.3 Å². The number of unbranched alkanes of at least 4 members (excludes halogenated alkanes) is 1. The van der Waals surface area contributed by atoms with Gasteiger partial charge in [0, 0.05) is 12.6 Å². The zero-order valence-corrected chi connectivity index (χ0v) is 12.8. The number of aryl methyl sites for hydroxylation is 1. The van der Waals surface area contributed by atoms with E-state index in [1.807, 2.05) is 9.25 Å². The summed E-state index contributed by atoms with van der Waals surface area (Å²) < 4.78 is 3.75. The molecule has 0 aliphatic heterocycles. The van der Waals surface area contributed by atoms with Gasteiger partial charge in [-0.1, -0.05) is 25.1 Å². The number of hydrogen-bond donors (Lipinski definition) is 1. The molecule has 2 aromatic heterocycles. The normalized spacial score (nSPS) is 11.4. The predicted molar refractivity (Wildman–Crippen MR) is 77.1 cm³/mol. The van der Waals surface area contributed by atoms with Crippen molar-refractivity contribution in [3.8, 4) is 0 Å². The lowest BCUT2D eigenvalue weighted by molar-refractivity contribution is 0.539. The number of rotatable bonds is 7. The molecule has 9 heteroatoms. The maximum Gasteiger partial charge on any atom is 0.222 e. The first-order valence-corrected chi connectivity index (χ1v) is 7.70. The van der Waals surface area contributed by atoms with E-state index in [1.54, 1.807) is 11.8 Å². The van der Waals surface area contributed by atoms with Crippen LogP contribution in [0.25, 0.3) is 0 Å². The van der Waals surface area contributed by atoms with Crippen LogP contribution in [0.4, 0.5) is 5.95 Å². The van der Waals surface area contributed by atoms with Crippen molar-refractivity contribution in [2.45, 2.75) is 57.1 Å². The molecule has 0 aliphatic rings. The van der Waals surface area contributed by atoms with Crippen LogP contribution in [0.2, 0.25) is 0 Å². The van der Waals surface area contributed by atoms with Crippen molar-refractivity contribution in [2.75, 3.05) is 5.73 Å². The number of nitrogens with two attached hydrogens (primary N) is 1. The summed E-state index contributed by atoms with van der Waals surface area (Å²) in [6.45, 7) is 7.09. The van der Waals surface area contributed by atoms with Crippen molar-refractivity contribution in [3.63, 3.8) is 0 Å². The number of aromatic nitrogens is 7. The zero-order valence-electron chi connectivity index (χ0n) is 12.0. The van der Waals surface area contributed by atoms with E-state index in [9.17, 15) is 0 Å². The molecule has 0 saturated carbocycles. The minimum absolute atomic E-state index is 0.226. The Hall–Kier alpha value is -1.64. The van der Waals surface area contributed by atoms with Gasteiger partial charge in [-0.3, -0.25) is 4.57 Å². The summed E-state index contributed by atoms with van der Waals surface area (Å²) in [4.78, 5) is 0. The van der Waals surface area contributed by atoms with E-state index in [1.165, 1.54) is 0 Å². The highest BCUT2D eigenvalue weighted by Crippen LogP contribution is 2.24. The molecule has 0 fully saturated rings. The van der Waals surface area contributed by atoms with Crippen LogP contribution < -0.4 is 5.73 Å². The van der Waals surface area contributed by atoms with Crippen molar-refractivity contribution in [1.82, 2.24) is 35.0 Å². The Balaban J connectivity index is 2.04. The highest BCUT2D eigenvalue weighted by molar-refractivity contribution is 7.98. The Morgan fingerprint density at radius 2 is 2.05 bits per heavy atom. The lowest BCUT2D eigenvalue weighted by atomic mass is 10.3. The quantitative estimate of drug-likeness (QED) is 0.773. The SMILES string of the molecule is CCCCn1nnnc1CSc1nnc(N)n1C(C)C. The fourth-order valence-electron chi connectivity index (χ4n) is 1.81. The van der Waals surface area contributed by atoms with Crippen molar-refractivity contribution in [3.05, 3.63) is 5.82 Å². The molecular formula is C11H20N8S. The summed E-state index contributed by atoms with van der Waals surface area (Å²) in [6, 6.07) is 0.226. The minimum Gasteiger partial charge on any atom is -0.368 e. The molecular weight excluding hydrogens is 276 g/mol. The summed E-state index contributed by atoms with van der Waals surface area (Å²) >= 11 is 1.55. The summed E-state index contributed by atoms with van der Waals surface area (Å²) in [5.74, 6) is 1.94.